The van der Waals surface area contributed by atoms with Crippen molar-refractivity contribution in [3.05, 3.63) is 23.5 Å². The summed E-state index contributed by atoms with van der Waals surface area (Å²) < 4.78 is 0. The van der Waals surface area contributed by atoms with Gasteiger partial charge in [0.05, 0.1) is 12.1 Å². The van der Waals surface area contributed by atoms with Crippen LogP contribution in [0.4, 0.5) is 0 Å². The molecule has 0 radical (unpaired) electrons. The van der Waals surface area contributed by atoms with Crippen LogP contribution in [0.2, 0.25) is 0 Å². The number of piperazine rings is 1. The maximum absolute atomic E-state index is 11.2. The quantitative estimate of drug-likeness (QED) is 0.552. The van der Waals surface area contributed by atoms with E-state index in [-0.39, 0.29) is 18.0 Å². The topological polar surface area (TPSA) is 81.7 Å². The van der Waals surface area contributed by atoms with Crippen LogP contribution in [0.15, 0.2) is 23.5 Å². The number of hydrogen-bond donors (Lipinski definition) is 3. The van der Waals surface area contributed by atoms with Gasteiger partial charge in [0.2, 0.25) is 5.91 Å². The first kappa shape index (κ1) is 10.5. The standard InChI is InChI=1S/C10H13N3O3/c14-9-6-13(4-3-12-9)8-5-7(10(15)16)1-2-11-8/h1,5,11H,2-4,6H2,(H,12,14)(H,15,16). The third-order valence-corrected chi connectivity index (χ3v) is 2.52. The van der Waals surface area contributed by atoms with Gasteiger partial charge in [0, 0.05) is 19.6 Å². The lowest BCUT2D eigenvalue weighted by molar-refractivity contribution is -0.132. The smallest absolute Gasteiger partial charge is 0.335 e. The minimum absolute atomic E-state index is 0.0413. The van der Waals surface area contributed by atoms with Crippen molar-refractivity contribution < 1.29 is 14.7 Å². The molecule has 2 aliphatic heterocycles. The van der Waals surface area contributed by atoms with Crippen LogP contribution in [0.25, 0.3) is 0 Å². The minimum Gasteiger partial charge on any atom is -0.478 e. The normalized spacial score (nSPS) is 20.5. The molecule has 6 heteroatoms. The maximum atomic E-state index is 11.2. The summed E-state index contributed by atoms with van der Waals surface area (Å²) in [6, 6.07) is 0. The van der Waals surface area contributed by atoms with Gasteiger partial charge in [-0.3, -0.25) is 4.79 Å². The van der Waals surface area contributed by atoms with Crippen molar-refractivity contribution in [3.8, 4) is 0 Å². The van der Waals surface area contributed by atoms with E-state index in [1.165, 1.54) is 0 Å². The molecule has 1 fully saturated rings. The monoisotopic (exact) mass is 223 g/mol. The molecular weight excluding hydrogens is 210 g/mol. The molecule has 86 valence electrons. The molecule has 2 heterocycles. The molecule has 0 aromatic heterocycles. The van der Waals surface area contributed by atoms with E-state index in [1.54, 1.807) is 12.2 Å². The molecular formula is C10H13N3O3. The van der Waals surface area contributed by atoms with E-state index in [4.69, 9.17) is 5.11 Å². The Morgan fingerprint density at radius 3 is 2.94 bits per heavy atom. The number of carbonyl (C=O) groups excluding carboxylic acids is 1. The lowest BCUT2D eigenvalue weighted by Gasteiger charge is -2.32. The number of hydrogen-bond acceptors (Lipinski definition) is 4. The van der Waals surface area contributed by atoms with E-state index in [2.05, 4.69) is 10.6 Å². The fraction of sp³-hybridized carbons (Fsp3) is 0.400. The Labute approximate surface area is 92.6 Å². The Morgan fingerprint density at radius 2 is 2.25 bits per heavy atom. The van der Waals surface area contributed by atoms with Crippen molar-refractivity contribution in [3.63, 3.8) is 0 Å². The van der Waals surface area contributed by atoms with Crippen LogP contribution in [0.5, 0.6) is 0 Å². The summed E-state index contributed by atoms with van der Waals surface area (Å²) in [6.07, 6.45) is 3.17. The van der Waals surface area contributed by atoms with Gasteiger partial charge in [-0.15, -0.1) is 0 Å². The summed E-state index contributed by atoms with van der Waals surface area (Å²) in [6.45, 7) is 2.03. The zero-order chi connectivity index (χ0) is 11.5. The highest BCUT2D eigenvalue weighted by molar-refractivity contribution is 5.90. The van der Waals surface area contributed by atoms with Gasteiger partial charge in [0.15, 0.2) is 0 Å². The van der Waals surface area contributed by atoms with Gasteiger partial charge in [0.1, 0.15) is 5.82 Å². The Bertz CT molecular complexity index is 387. The van der Waals surface area contributed by atoms with Crippen LogP contribution >= 0.6 is 0 Å². The molecule has 1 saturated heterocycles. The van der Waals surface area contributed by atoms with Gasteiger partial charge in [0.25, 0.3) is 0 Å². The summed E-state index contributed by atoms with van der Waals surface area (Å²) in [7, 11) is 0. The van der Waals surface area contributed by atoms with Crippen LogP contribution in [-0.4, -0.2) is 48.1 Å². The maximum Gasteiger partial charge on any atom is 0.335 e. The molecule has 3 N–H and O–H groups in total. The summed E-state index contributed by atoms with van der Waals surface area (Å²) in [5.41, 5.74) is 0.264. The summed E-state index contributed by atoms with van der Waals surface area (Å²) in [5, 5.41) is 14.6. The van der Waals surface area contributed by atoms with Gasteiger partial charge in [-0.05, 0) is 6.08 Å². The molecule has 1 amide bonds. The second-order valence-electron chi connectivity index (χ2n) is 3.65. The van der Waals surface area contributed by atoms with E-state index >= 15 is 0 Å². The van der Waals surface area contributed by atoms with Crippen molar-refractivity contribution >= 4 is 11.9 Å². The SMILES string of the molecule is O=C1CN(C2=CC(C(=O)O)=CCN2)CCN1. The number of carboxylic acid groups (broad SMARTS) is 1. The number of dihydropyridines is 1. The van der Waals surface area contributed by atoms with Gasteiger partial charge in [-0.25, -0.2) is 4.79 Å². The fourth-order valence-electron chi connectivity index (χ4n) is 1.72. The molecule has 0 saturated carbocycles. The van der Waals surface area contributed by atoms with Crippen LogP contribution < -0.4 is 10.6 Å². The Hall–Kier alpha value is -1.98. The van der Waals surface area contributed by atoms with Crippen LogP contribution in [0, 0.1) is 0 Å². The number of carboxylic acids is 1. The minimum atomic E-state index is -0.944. The molecule has 0 unspecified atom stereocenters. The van der Waals surface area contributed by atoms with E-state index < -0.39 is 5.97 Å². The van der Waals surface area contributed by atoms with Crippen LogP contribution in [0.1, 0.15) is 0 Å². The fourth-order valence-corrected chi connectivity index (χ4v) is 1.72. The number of carbonyl (C=O) groups is 2. The van der Waals surface area contributed by atoms with Crippen molar-refractivity contribution in [1.82, 2.24) is 15.5 Å². The molecule has 16 heavy (non-hydrogen) atoms. The summed E-state index contributed by atoms with van der Waals surface area (Å²) >= 11 is 0. The van der Waals surface area contributed by atoms with E-state index in [0.717, 1.165) is 0 Å². The van der Waals surface area contributed by atoms with E-state index in [9.17, 15) is 9.59 Å². The lowest BCUT2D eigenvalue weighted by Crippen LogP contribution is -2.49. The third-order valence-electron chi connectivity index (χ3n) is 2.52. The summed E-state index contributed by atoms with van der Waals surface area (Å²) in [5.74, 6) is -0.282. The number of nitrogens with zero attached hydrogens (tertiary/aromatic N) is 1. The average Bonchev–Trinajstić information content (AvgIpc) is 2.29. The predicted octanol–water partition coefficient (Wildman–Crippen LogP) is -1.13. The number of aliphatic carboxylic acids is 1. The highest BCUT2D eigenvalue weighted by Gasteiger charge is 2.20. The van der Waals surface area contributed by atoms with Crippen LogP contribution in [0.3, 0.4) is 0 Å². The van der Waals surface area contributed by atoms with E-state index in [0.29, 0.717) is 25.5 Å². The molecule has 0 aromatic carbocycles. The zero-order valence-electron chi connectivity index (χ0n) is 8.69. The lowest BCUT2D eigenvalue weighted by atomic mass is 10.2. The molecule has 0 aromatic rings. The number of nitrogens with one attached hydrogen (secondary N) is 2. The number of rotatable bonds is 2. The van der Waals surface area contributed by atoms with Crippen LogP contribution in [-0.2, 0) is 9.59 Å². The average molecular weight is 223 g/mol. The van der Waals surface area contributed by atoms with Crippen molar-refractivity contribution in [1.29, 1.82) is 0 Å². The molecule has 0 atom stereocenters. The van der Waals surface area contributed by atoms with Crippen molar-refractivity contribution in [2.45, 2.75) is 0 Å². The first-order valence-corrected chi connectivity index (χ1v) is 5.07. The molecule has 6 nitrogen and oxygen atoms in total. The summed E-state index contributed by atoms with van der Waals surface area (Å²) in [4.78, 5) is 23.8. The highest BCUT2D eigenvalue weighted by atomic mass is 16.4. The molecule has 0 aliphatic carbocycles. The van der Waals surface area contributed by atoms with Gasteiger partial charge in [-0.2, -0.15) is 0 Å². The highest BCUT2D eigenvalue weighted by Crippen LogP contribution is 2.11. The zero-order valence-corrected chi connectivity index (χ0v) is 8.69. The Kier molecular flexibility index (Phi) is 2.80. The molecule has 2 rings (SSSR count). The van der Waals surface area contributed by atoms with Gasteiger partial charge in [-0.1, -0.05) is 6.08 Å². The Morgan fingerprint density at radius 1 is 1.44 bits per heavy atom. The van der Waals surface area contributed by atoms with E-state index in [1.807, 2.05) is 4.90 Å². The number of amides is 1. The van der Waals surface area contributed by atoms with Crippen molar-refractivity contribution in [2.75, 3.05) is 26.2 Å². The van der Waals surface area contributed by atoms with Gasteiger partial charge < -0.3 is 20.6 Å². The molecule has 2 aliphatic rings. The Balaban J connectivity index is 2.12. The predicted molar refractivity (Wildman–Crippen MR) is 56.4 cm³/mol. The second kappa shape index (κ2) is 4.26. The van der Waals surface area contributed by atoms with Gasteiger partial charge >= 0.3 is 5.97 Å². The second-order valence-corrected chi connectivity index (χ2v) is 3.65. The first-order valence-electron chi connectivity index (χ1n) is 5.07. The van der Waals surface area contributed by atoms with Crippen molar-refractivity contribution in [2.24, 2.45) is 0 Å². The molecule has 0 bridgehead atoms. The molecule has 0 spiro atoms. The third kappa shape index (κ3) is 2.16. The first-order chi connectivity index (χ1) is 7.66. The largest absolute Gasteiger partial charge is 0.478 e.